The molecule has 1 aromatic rings. The quantitative estimate of drug-likeness (QED) is 0.718. The van der Waals surface area contributed by atoms with Crippen LogP contribution in [0.1, 0.15) is 29.2 Å². The summed E-state index contributed by atoms with van der Waals surface area (Å²) in [5.74, 6) is 0.0257. The Labute approximate surface area is 88.1 Å². The van der Waals surface area contributed by atoms with E-state index in [0.717, 1.165) is 31.6 Å². The first-order valence-electron chi connectivity index (χ1n) is 5.21. The zero-order valence-electron chi connectivity index (χ0n) is 8.52. The second-order valence-corrected chi connectivity index (χ2v) is 3.74. The van der Waals surface area contributed by atoms with Crippen molar-refractivity contribution in [3.8, 4) is 0 Å². The maximum atomic E-state index is 11.4. The molecule has 15 heavy (non-hydrogen) atoms. The van der Waals surface area contributed by atoms with E-state index < -0.39 is 6.61 Å². The Balaban J connectivity index is 2.19. The number of rotatable bonds is 2. The number of nitrogens with zero attached hydrogens (tertiary/aromatic N) is 2. The number of aromatic nitrogens is 2. The first-order chi connectivity index (χ1) is 7.33. The van der Waals surface area contributed by atoms with Crippen molar-refractivity contribution in [3.63, 3.8) is 0 Å². The van der Waals surface area contributed by atoms with Crippen molar-refractivity contribution >= 4 is 5.91 Å². The molecule has 1 aliphatic heterocycles. The molecule has 1 aromatic heterocycles. The average Bonchev–Trinajstić information content (AvgIpc) is 2.78. The van der Waals surface area contributed by atoms with E-state index in [0.29, 0.717) is 5.92 Å². The molecule has 2 heterocycles. The largest absolute Gasteiger partial charge is 0.386 e. The number of carbonyl (C=O) groups excluding carboxylic acids is 1. The molecule has 0 spiro atoms. The standard InChI is InChI=1S/C10H15N3O2/c14-7-10(15)13-9(3-6-12-13)8-1-4-11-5-2-8/h3,6,8,11,14H,1-2,4-5,7H2. The molecule has 0 unspecified atom stereocenters. The zero-order valence-corrected chi connectivity index (χ0v) is 8.52. The van der Waals surface area contributed by atoms with Crippen LogP contribution in [0.2, 0.25) is 0 Å². The molecule has 0 radical (unpaired) electrons. The third-order valence-corrected chi connectivity index (χ3v) is 2.80. The van der Waals surface area contributed by atoms with Gasteiger partial charge in [-0.25, -0.2) is 4.68 Å². The van der Waals surface area contributed by atoms with Crippen LogP contribution in [0, 0.1) is 0 Å². The topological polar surface area (TPSA) is 67.1 Å². The van der Waals surface area contributed by atoms with Crippen molar-refractivity contribution in [3.05, 3.63) is 18.0 Å². The van der Waals surface area contributed by atoms with Gasteiger partial charge in [-0.3, -0.25) is 4.79 Å². The molecule has 0 aromatic carbocycles. The summed E-state index contributed by atoms with van der Waals surface area (Å²) in [7, 11) is 0. The molecule has 0 amide bonds. The third kappa shape index (κ3) is 2.08. The molecular weight excluding hydrogens is 194 g/mol. The Morgan fingerprint density at radius 3 is 3.00 bits per heavy atom. The highest BCUT2D eigenvalue weighted by atomic mass is 16.3. The first-order valence-corrected chi connectivity index (χ1v) is 5.21. The summed E-state index contributed by atoms with van der Waals surface area (Å²) in [6, 6.07) is 1.86. The van der Waals surface area contributed by atoms with Gasteiger partial charge in [0.1, 0.15) is 6.61 Å². The maximum Gasteiger partial charge on any atom is 0.272 e. The van der Waals surface area contributed by atoms with Crippen LogP contribution in [0.4, 0.5) is 0 Å². The van der Waals surface area contributed by atoms with E-state index in [1.54, 1.807) is 6.20 Å². The second-order valence-electron chi connectivity index (χ2n) is 3.74. The fourth-order valence-electron chi connectivity index (χ4n) is 2.02. The summed E-state index contributed by atoms with van der Waals surface area (Å²) in [6.07, 6.45) is 3.65. The van der Waals surface area contributed by atoms with E-state index in [9.17, 15) is 4.79 Å². The highest BCUT2D eigenvalue weighted by Gasteiger charge is 2.21. The fourth-order valence-corrected chi connectivity index (χ4v) is 2.02. The summed E-state index contributed by atoms with van der Waals surface area (Å²) in [4.78, 5) is 11.4. The molecule has 1 aliphatic rings. The summed E-state index contributed by atoms with van der Waals surface area (Å²) in [5.41, 5.74) is 0.926. The smallest absolute Gasteiger partial charge is 0.272 e. The molecule has 82 valence electrons. The Kier molecular flexibility index (Phi) is 3.13. The monoisotopic (exact) mass is 209 g/mol. The number of aliphatic hydroxyl groups excluding tert-OH is 1. The van der Waals surface area contributed by atoms with Gasteiger partial charge in [-0.15, -0.1) is 0 Å². The van der Waals surface area contributed by atoms with Gasteiger partial charge in [-0.1, -0.05) is 0 Å². The predicted molar refractivity (Wildman–Crippen MR) is 54.8 cm³/mol. The molecule has 2 N–H and O–H groups in total. The average molecular weight is 209 g/mol. The lowest BCUT2D eigenvalue weighted by Gasteiger charge is -2.22. The van der Waals surface area contributed by atoms with Crippen LogP contribution in [-0.2, 0) is 0 Å². The fraction of sp³-hybridized carbons (Fsp3) is 0.600. The van der Waals surface area contributed by atoms with Gasteiger partial charge < -0.3 is 10.4 Å². The summed E-state index contributed by atoms with van der Waals surface area (Å²) in [5, 5.41) is 16.0. The maximum absolute atomic E-state index is 11.4. The van der Waals surface area contributed by atoms with Gasteiger partial charge in [0, 0.05) is 12.1 Å². The summed E-state index contributed by atoms with van der Waals surface area (Å²) in [6.45, 7) is 1.46. The lowest BCUT2D eigenvalue weighted by Crippen LogP contribution is -2.29. The Hall–Kier alpha value is -1.20. The minimum absolute atomic E-state index is 0.353. The first kappa shape index (κ1) is 10.3. The Bertz CT molecular complexity index is 342. The van der Waals surface area contributed by atoms with Crippen LogP contribution in [0.25, 0.3) is 0 Å². The van der Waals surface area contributed by atoms with Gasteiger partial charge in [-0.2, -0.15) is 5.10 Å². The van der Waals surface area contributed by atoms with Crippen LogP contribution in [0.15, 0.2) is 12.3 Å². The van der Waals surface area contributed by atoms with Crippen LogP contribution < -0.4 is 5.32 Å². The number of hydrogen-bond acceptors (Lipinski definition) is 4. The van der Waals surface area contributed by atoms with Gasteiger partial charge in [0.25, 0.3) is 5.91 Å². The van der Waals surface area contributed by atoms with E-state index >= 15 is 0 Å². The number of piperidine rings is 1. The summed E-state index contributed by atoms with van der Waals surface area (Å²) < 4.78 is 1.33. The zero-order chi connectivity index (χ0) is 10.7. The lowest BCUT2D eigenvalue weighted by molar-refractivity contribution is 0.0795. The molecule has 1 fully saturated rings. The van der Waals surface area contributed by atoms with Crippen molar-refractivity contribution in [1.29, 1.82) is 0 Å². The molecule has 0 aliphatic carbocycles. The molecular formula is C10H15N3O2. The molecule has 2 rings (SSSR count). The van der Waals surface area contributed by atoms with Crippen molar-refractivity contribution in [2.45, 2.75) is 18.8 Å². The minimum Gasteiger partial charge on any atom is -0.386 e. The summed E-state index contributed by atoms with van der Waals surface area (Å²) >= 11 is 0. The molecule has 0 bridgehead atoms. The van der Waals surface area contributed by atoms with E-state index in [1.807, 2.05) is 6.07 Å². The van der Waals surface area contributed by atoms with Crippen molar-refractivity contribution in [1.82, 2.24) is 15.1 Å². The van der Waals surface area contributed by atoms with Crippen molar-refractivity contribution < 1.29 is 9.90 Å². The van der Waals surface area contributed by atoms with Gasteiger partial charge >= 0.3 is 0 Å². The molecule has 5 heteroatoms. The van der Waals surface area contributed by atoms with Crippen LogP contribution in [0.3, 0.4) is 0 Å². The number of carbonyl (C=O) groups is 1. The second kappa shape index (κ2) is 4.55. The van der Waals surface area contributed by atoms with E-state index in [4.69, 9.17) is 5.11 Å². The highest BCUT2D eigenvalue weighted by molar-refractivity contribution is 5.79. The Morgan fingerprint density at radius 2 is 2.33 bits per heavy atom. The minimum atomic E-state index is -0.486. The molecule has 0 atom stereocenters. The van der Waals surface area contributed by atoms with Crippen LogP contribution in [0.5, 0.6) is 0 Å². The van der Waals surface area contributed by atoms with Crippen molar-refractivity contribution in [2.24, 2.45) is 0 Å². The van der Waals surface area contributed by atoms with Gasteiger partial charge in [-0.05, 0) is 32.0 Å². The highest BCUT2D eigenvalue weighted by Crippen LogP contribution is 2.24. The number of aliphatic hydroxyl groups is 1. The number of hydrogen-bond donors (Lipinski definition) is 2. The van der Waals surface area contributed by atoms with E-state index in [-0.39, 0.29) is 5.91 Å². The molecule has 1 saturated heterocycles. The van der Waals surface area contributed by atoms with Crippen LogP contribution in [-0.4, -0.2) is 40.5 Å². The lowest BCUT2D eigenvalue weighted by atomic mass is 9.94. The van der Waals surface area contributed by atoms with Gasteiger partial charge in [0.15, 0.2) is 0 Å². The predicted octanol–water partition coefficient (Wildman–Crippen LogP) is -0.0174. The SMILES string of the molecule is O=C(CO)n1nccc1C1CCNCC1. The Morgan fingerprint density at radius 1 is 1.60 bits per heavy atom. The van der Waals surface area contributed by atoms with Gasteiger partial charge in [0.05, 0.1) is 5.69 Å². The van der Waals surface area contributed by atoms with Gasteiger partial charge in [0.2, 0.25) is 0 Å². The van der Waals surface area contributed by atoms with E-state index in [1.165, 1.54) is 4.68 Å². The molecule has 5 nitrogen and oxygen atoms in total. The molecule has 0 saturated carbocycles. The van der Waals surface area contributed by atoms with E-state index in [2.05, 4.69) is 10.4 Å². The number of nitrogens with one attached hydrogen (secondary N) is 1. The van der Waals surface area contributed by atoms with Crippen LogP contribution >= 0.6 is 0 Å². The third-order valence-electron chi connectivity index (χ3n) is 2.80. The normalized spacial score (nSPS) is 17.9. The van der Waals surface area contributed by atoms with Crippen molar-refractivity contribution in [2.75, 3.05) is 19.7 Å².